The second kappa shape index (κ2) is 16.8. The van der Waals surface area contributed by atoms with Gasteiger partial charge in [-0.1, -0.05) is 13.8 Å². The molecule has 0 atom stereocenters. The summed E-state index contributed by atoms with van der Waals surface area (Å²) in [4.78, 5) is 10.6. The second-order valence-electron chi connectivity index (χ2n) is 5.39. The minimum absolute atomic E-state index is 0.0219. The van der Waals surface area contributed by atoms with Gasteiger partial charge >= 0.3 is 0 Å². The van der Waals surface area contributed by atoms with E-state index in [2.05, 4.69) is 13.8 Å². The van der Waals surface area contributed by atoms with Gasteiger partial charge in [-0.25, -0.2) is 0 Å². The van der Waals surface area contributed by atoms with Gasteiger partial charge in [-0.2, -0.15) is 0 Å². The van der Waals surface area contributed by atoms with E-state index in [0.717, 1.165) is 13.0 Å². The van der Waals surface area contributed by atoms with E-state index in [-0.39, 0.29) is 12.4 Å². The van der Waals surface area contributed by atoms with Gasteiger partial charge < -0.3 is 23.7 Å². The number of rotatable bonds is 17. The molecule has 0 N–H and O–H groups in total. The van der Waals surface area contributed by atoms with Gasteiger partial charge in [0, 0.05) is 6.61 Å². The van der Waals surface area contributed by atoms with Crippen molar-refractivity contribution < 1.29 is 28.5 Å². The third-order valence-corrected chi connectivity index (χ3v) is 2.63. The molecule has 0 bridgehead atoms. The second-order valence-corrected chi connectivity index (χ2v) is 5.39. The Hall–Kier alpha value is -0.530. The lowest BCUT2D eigenvalue weighted by atomic mass is 10.1. The van der Waals surface area contributed by atoms with Crippen LogP contribution in [-0.2, 0) is 28.5 Å². The number of hydrogen-bond donors (Lipinski definition) is 0. The Morgan fingerprint density at radius 2 is 1.05 bits per heavy atom. The van der Waals surface area contributed by atoms with Gasteiger partial charge in [0.05, 0.1) is 52.9 Å². The van der Waals surface area contributed by atoms with Gasteiger partial charge in [0.15, 0.2) is 5.78 Å². The zero-order valence-electron chi connectivity index (χ0n) is 14.3. The molecular weight excluding hydrogens is 288 g/mol. The van der Waals surface area contributed by atoms with Crippen LogP contribution >= 0.6 is 0 Å². The van der Waals surface area contributed by atoms with Crippen LogP contribution < -0.4 is 0 Å². The number of hydrogen-bond acceptors (Lipinski definition) is 6. The quantitative estimate of drug-likeness (QED) is 0.380. The third kappa shape index (κ3) is 19.5. The summed E-state index contributed by atoms with van der Waals surface area (Å²) in [6, 6.07) is 0. The Kier molecular flexibility index (Phi) is 16.4. The molecule has 0 aromatic heterocycles. The van der Waals surface area contributed by atoms with Crippen molar-refractivity contribution in [3.05, 3.63) is 0 Å². The van der Waals surface area contributed by atoms with Gasteiger partial charge in [0.1, 0.15) is 6.61 Å². The summed E-state index contributed by atoms with van der Waals surface area (Å²) in [5.74, 6) is 0.700. The van der Waals surface area contributed by atoms with Crippen LogP contribution in [0, 0.1) is 5.92 Å². The van der Waals surface area contributed by atoms with E-state index < -0.39 is 0 Å². The summed E-state index contributed by atoms with van der Waals surface area (Å²) in [5, 5.41) is 0. The standard InChI is InChI=1S/C16H32O6/c1-15(2)4-5-18-6-7-19-8-9-20-10-11-21-12-13-22-14-16(3)17/h15H,4-14H2,1-3H3. The summed E-state index contributed by atoms with van der Waals surface area (Å²) in [5.41, 5.74) is 0. The number of ether oxygens (including phenoxy) is 5. The zero-order valence-corrected chi connectivity index (χ0v) is 14.3. The predicted octanol–water partition coefficient (Wildman–Crippen LogP) is 1.70. The molecule has 0 saturated carbocycles. The molecule has 0 saturated heterocycles. The summed E-state index contributed by atoms with van der Waals surface area (Å²) in [7, 11) is 0. The molecule has 0 unspecified atom stereocenters. The van der Waals surface area contributed by atoms with Crippen molar-refractivity contribution >= 4 is 5.78 Å². The van der Waals surface area contributed by atoms with Crippen molar-refractivity contribution in [2.24, 2.45) is 5.92 Å². The molecule has 0 aliphatic heterocycles. The summed E-state index contributed by atoms with van der Waals surface area (Å²) in [6.07, 6.45) is 1.09. The molecule has 0 rings (SSSR count). The molecule has 0 radical (unpaired) electrons. The molecule has 0 spiro atoms. The number of carbonyl (C=O) groups excluding carboxylic acids is 1. The highest BCUT2D eigenvalue weighted by molar-refractivity contribution is 5.76. The fraction of sp³-hybridized carbons (Fsp3) is 0.938. The van der Waals surface area contributed by atoms with E-state index in [4.69, 9.17) is 23.7 Å². The molecule has 0 aromatic rings. The van der Waals surface area contributed by atoms with E-state index in [9.17, 15) is 4.79 Å². The van der Waals surface area contributed by atoms with Crippen molar-refractivity contribution in [2.45, 2.75) is 27.2 Å². The maximum atomic E-state index is 10.6. The SMILES string of the molecule is CC(=O)COCCOCCOCCOCCOCCC(C)C. The van der Waals surface area contributed by atoms with E-state index in [1.807, 2.05) is 0 Å². The fourth-order valence-electron chi connectivity index (χ4n) is 1.41. The first kappa shape index (κ1) is 21.5. The van der Waals surface area contributed by atoms with Crippen molar-refractivity contribution in [2.75, 3.05) is 66.1 Å². The van der Waals surface area contributed by atoms with Gasteiger partial charge in [-0.15, -0.1) is 0 Å². The smallest absolute Gasteiger partial charge is 0.155 e. The Labute approximate surface area is 134 Å². The molecule has 132 valence electrons. The van der Waals surface area contributed by atoms with Crippen LogP contribution in [0.3, 0.4) is 0 Å². The highest BCUT2D eigenvalue weighted by atomic mass is 16.6. The van der Waals surface area contributed by atoms with Gasteiger partial charge in [-0.3, -0.25) is 4.79 Å². The Morgan fingerprint density at radius 3 is 1.41 bits per heavy atom. The highest BCUT2D eigenvalue weighted by Gasteiger charge is 1.96. The number of carbonyl (C=O) groups is 1. The molecule has 22 heavy (non-hydrogen) atoms. The van der Waals surface area contributed by atoms with Crippen LogP contribution in [0.4, 0.5) is 0 Å². The minimum Gasteiger partial charge on any atom is -0.379 e. The molecule has 6 heteroatoms. The van der Waals surface area contributed by atoms with Crippen LogP contribution in [0.1, 0.15) is 27.2 Å². The first-order valence-corrected chi connectivity index (χ1v) is 8.01. The zero-order chi connectivity index (χ0) is 16.5. The Balaban J connectivity index is 2.98. The first-order chi connectivity index (χ1) is 10.6. The minimum atomic E-state index is 0.0219. The first-order valence-electron chi connectivity index (χ1n) is 8.01. The van der Waals surface area contributed by atoms with Crippen LogP contribution in [0.2, 0.25) is 0 Å². The lowest BCUT2D eigenvalue weighted by Gasteiger charge is -2.08. The summed E-state index contributed by atoms with van der Waals surface area (Å²) >= 11 is 0. The van der Waals surface area contributed by atoms with Crippen LogP contribution in [0.15, 0.2) is 0 Å². The van der Waals surface area contributed by atoms with Gasteiger partial charge in [0.25, 0.3) is 0 Å². The number of Topliss-reactive ketones (excluding diaryl/α,β-unsaturated/α-hetero) is 1. The van der Waals surface area contributed by atoms with Crippen LogP contribution in [-0.4, -0.2) is 71.9 Å². The summed E-state index contributed by atoms with van der Waals surface area (Å²) < 4.78 is 26.5. The highest BCUT2D eigenvalue weighted by Crippen LogP contribution is 1.98. The lowest BCUT2D eigenvalue weighted by molar-refractivity contribution is -0.122. The maximum Gasteiger partial charge on any atom is 0.155 e. The Bertz CT molecular complexity index is 245. The summed E-state index contributed by atoms with van der Waals surface area (Å²) in [6.45, 7) is 11.1. The van der Waals surface area contributed by atoms with Gasteiger partial charge in [-0.05, 0) is 19.3 Å². The van der Waals surface area contributed by atoms with E-state index >= 15 is 0 Å². The number of ketones is 1. The largest absolute Gasteiger partial charge is 0.379 e. The molecule has 0 aliphatic carbocycles. The third-order valence-electron chi connectivity index (χ3n) is 2.63. The van der Waals surface area contributed by atoms with Crippen molar-refractivity contribution in [1.29, 1.82) is 0 Å². The molecule has 0 heterocycles. The lowest BCUT2D eigenvalue weighted by Crippen LogP contribution is -2.14. The molecule has 0 aromatic carbocycles. The topological polar surface area (TPSA) is 63.2 Å². The van der Waals surface area contributed by atoms with E-state index in [1.165, 1.54) is 6.92 Å². The monoisotopic (exact) mass is 320 g/mol. The normalized spacial score (nSPS) is 11.3. The fourth-order valence-corrected chi connectivity index (χ4v) is 1.41. The molecule has 0 fully saturated rings. The molecular formula is C16H32O6. The predicted molar refractivity (Wildman–Crippen MR) is 84.2 cm³/mol. The van der Waals surface area contributed by atoms with E-state index in [1.54, 1.807) is 0 Å². The maximum absolute atomic E-state index is 10.6. The van der Waals surface area contributed by atoms with Crippen molar-refractivity contribution in [3.63, 3.8) is 0 Å². The Morgan fingerprint density at radius 1 is 0.682 bits per heavy atom. The average molecular weight is 320 g/mol. The van der Waals surface area contributed by atoms with Crippen molar-refractivity contribution in [3.8, 4) is 0 Å². The van der Waals surface area contributed by atoms with E-state index in [0.29, 0.717) is 58.8 Å². The van der Waals surface area contributed by atoms with Crippen molar-refractivity contribution in [1.82, 2.24) is 0 Å². The average Bonchev–Trinajstić information content (AvgIpc) is 2.46. The van der Waals surface area contributed by atoms with Gasteiger partial charge in [0.2, 0.25) is 0 Å². The molecule has 0 aliphatic rings. The van der Waals surface area contributed by atoms with Crippen LogP contribution in [0.5, 0.6) is 0 Å². The molecule has 0 amide bonds. The molecule has 6 nitrogen and oxygen atoms in total. The van der Waals surface area contributed by atoms with Crippen LogP contribution in [0.25, 0.3) is 0 Å².